The van der Waals surface area contributed by atoms with Crippen LogP contribution < -0.4 is 10.5 Å². The minimum atomic E-state index is 0.518. The first kappa shape index (κ1) is 13.7. The van der Waals surface area contributed by atoms with Crippen molar-refractivity contribution < 1.29 is 4.74 Å². The minimum Gasteiger partial charge on any atom is -0.491 e. The number of hydrogen-bond acceptors (Lipinski definition) is 2. The molecule has 3 heteroatoms. The second-order valence-electron chi connectivity index (χ2n) is 5.18. The highest BCUT2D eigenvalue weighted by Gasteiger charge is 2.26. The van der Waals surface area contributed by atoms with Crippen LogP contribution in [0.2, 0.25) is 0 Å². The molecule has 1 aliphatic rings. The third-order valence-corrected chi connectivity index (χ3v) is 4.48. The lowest BCUT2D eigenvalue weighted by atomic mass is 9.78. The van der Waals surface area contributed by atoms with E-state index in [0.29, 0.717) is 12.5 Å². The van der Waals surface area contributed by atoms with Gasteiger partial charge in [0.25, 0.3) is 0 Å². The fourth-order valence-corrected chi connectivity index (χ4v) is 3.28. The summed E-state index contributed by atoms with van der Waals surface area (Å²) in [7, 11) is 0. The number of para-hydroxylation sites is 1. The van der Waals surface area contributed by atoms with Crippen LogP contribution in [0.25, 0.3) is 0 Å². The van der Waals surface area contributed by atoms with Gasteiger partial charge in [0.2, 0.25) is 0 Å². The van der Waals surface area contributed by atoms with Gasteiger partial charge in [0.15, 0.2) is 0 Å². The summed E-state index contributed by atoms with van der Waals surface area (Å²) >= 11 is 3.57. The Kier molecular flexibility index (Phi) is 4.08. The molecular weight excluding hydrogens is 314 g/mol. The van der Waals surface area contributed by atoms with Crippen LogP contribution >= 0.6 is 15.9 Å². The van der Waals surface area contributed by atoms with Crippen molar-refractivity contribution in [3.05, 3.63) is 63.6 Å². The van der Waals surface area contributed by atoms with Crippen molar-refractivity contribution in [1.82, 2.24) is 0 Å². The van der Waals surface area contributed by atoms with Crippen molar-refractivity contribution in [2.75, 3.05) is 13.2 Å². The number of rotatable bonds is 5. The van der Waals surface area contributed by atoms with E-state index in [1.54, 1.807) is 0 Å². The monoisotopic (exact) mass is 331 g/mol. The molecule has 104 valence electrons. The molecule has 0 saturated heterocycles. The third-order valence-electron chi connectivity index (χ3n) is 3.85. The molecule has 0 bridgehead atoms. The fraction of sp³-hybridized carbons (Fsp3) is 0.294. The van der Waals surface area contributed by atoms with Gasteiger partial charge in [-0.1, -0.05) is 36.4 Å². The van der Waals surface area contributed by atoms with Crippen LogP contribution in [0.4, 0.5) is 0 Å². The molecular formula is C17H18BrNO. The average molecular weight is 332 g/mol. The van der Waals surface area contributed by atoms with Crippen LogP contribution in [0.15, 0.2) is 46.9 Å². The van der Waals surface area contributed by atoms with Crippen LogP contribution in [-0.4, -0.2) is 13.2 Å². The van der Waals surface area contributed by atoms with E-state index in [9.17, 15) is 0 Å². The molecule has 2 nitrogen and oxygen atoms in total. The molecule has 1 unspecified atom stereocenters. The van der Waals surface area contributed by atoms with E-state index in [1.165, 1.54) is 16.7 Å². The first-order valence-electron chi connectivity index (χ1n) is 6.97. The largest absolute Gasteiger partial charge is 0.491 e. The van der Waals surface area contributed by atoms with Crippen LogP contribution in [-0.2, 0) is 12.8 Å². The Morgan fingerprint density at radius 1 is 1.15 bits per heavy atom. The average Bonchev–Trinajstić information content (AvgIpc) is 2.43. The van der Waals surface area contributed by atoms with Crippen LogP contribution in [0.3, 0.4) is 0 Å². The Labute approximate surface area is 128 Å². The zero-order chi connectivity index (χ0) is 13.9. The molecule has 0 radical (unpaired) electrons. The Balaban J connectivity index is 1.71. The molecule has 0 amide bonds. The predicted octanol–water partition coefficient (Wildman–Crippen LogP) is 3.67. The lowest BCUT2D eigenvalue weighted by Crippen LogP contribution is -2.23. The number of nitrogens with two attached hydrogens (primary N) is 1. The van der Waals surface area contributed by atoms with Gasteiger partial charge in [-0.3, -0.25) is 0 Å². The highest BCUT2D eigenvalue weighted by Crippen LogP contribution is 2.36. The van der Waals surface area contributed by atoms with Crippen molar-refractivity contribution in [3.63, 3.8) is 0 Å². The van der Waals surface area contributed by atoms with Crippen LogP contribution in [0.1, 0.15) is 22.6 Å². The molecule has 1 atom stereocenters. The summed E-state index contributed by atoms with van der Waals surface area (Å²) in [5, 5.41) is 0. The molecule has 3 rings (SSSR count). The summed E-state index contributed by atoms with van der Waals surface area (Å²) in [5.41, 5.74) is 9.73. The summed E-state index contributed by atoms with van der Waals surface area (Å²) in [5.74, 6) is 1.46. The van der Waals surface area contributed by atoms with E-state index < -0.39 is 0 Å². The molecule has 1 aliphatic carbocycles. The van der Waals surface area contributed by atoms with Crippen molar-refractivity contribution >= 4 is 15.9 Å². The normalized spacial score (nSPS) is 16.4. The Morgan fingerprint density at radius 3 is 2.80 bits per heavy atom. The molecule has 2 aromatic rings. The summed E-state index contributed by atoms with van der Waals surface area (Å²) in [6.45, 7) is 1.37. The second-order valence-corrected chi connectivity index (χ2v) is 6.03. The minimum absolute atomic E-state index is 0.518. The number of halogens is 1. The Morgan fingerprint density at radius 2 is 2.00 bits per heavy atom. The van der Waals surface area contributed by atoms with Gasteiger partial charge in [0, 0.05) is 5.92 Å². The van der Waals surface area contributed by atoms with E-state index >= 15 is 0 Å². The highest BCUT2D eigenvalue weighted by atomic mass is 79.9. The summed E-state index contributed by atoms with van der Waals surface area (Å²) in [6, 6.07) is 14.7. The van der Waals surface area contributed by atoms with Crippen molar-refractivity contribution in [1.29, 1.82) is 0 Å². The zero-order valence-electron chi connectivity index (χ0n) is 11.3. The maximum absolute atomic E-state index is 6.08. The van der Waals surface area contributed by atoms with Gasteiger partial charge in [-0.2, -0.15) is 0 Å². The quantitative estimate of drug-likeness (QED) is 0.907. The SMILES string of the molecule is NCCc1cccc(Br)c1OCC1Cc2ccccc21. The maximum atomic E-state index is 6.08. The first-order valence-corrected chi connectivity index (χ1v) is 7.77. The molecule has 0 aliphatic heterocycles. The molecule has 20 heavy (non-hydrogen) atoms. The van der Waals surface area contributed by atoms with E-state index in [2.05, 4.69) is 46.3 Å². The first-order chi connectivity index (χ1) is 9.79. The Bertz CT molecular complexity index is 612. The Hall–Kier alpha value is -1.32. The highest BCUT2D eigenvalue weighted by molar-refractivity contribution is 9.10. The predicted molar refractivity (Wildman–Crippen MR) is 85.3 cm³/mol. The van der Waals surface area contributed by atoms with E-state index in [-0.39, 0.29) is 0 Å². The van der Waals surface area contributed by atoms with Gasteiger partial charge in [0.05, 0.1) is 11.1 Å². The van der Waals surface area contributed by atoms with Gasteiger partial charge < -0.3 is 10.5 Å². The molecule has 0 heterocycles. The van der Waals surface area contributed by atoms with Crippen molar-refractivity contribution in [2.45, 2.75) is 18.8 Å². The van der Waals surface area contributed by atoms with Gasteiger partial charge in [-0.15, -0.1) is 0 Å². The third kappa shape index (κ3) is 2.60. The molecule has 0 aromatic heterocycles. The van der Waals surface area contributed by atoms with Gasteiger partial charge >= 0.3 is 0 Å². The van der Waals surface area contributed by atoms with Gasteiger partial charge in [-0.05, 0) is 58.1 Å². The zero-order valence-corrected chi connectivity index (χ0v) is 12.9. The van der Waals surface area contributed by atoms with E-state index in [0.717, 1.165) is 29.7 Å². The van der Waals surface area contributed by atoms with Crippen LogP contribution in [0.5, 0.6) is 5.75 Å². The smallest absolute Gasteiger partial charge is 0.136 e. The number of ether oxygens (including phenoxy) is 1. The lowest BCUT2D eigenvalue weighted by molar-refractivity contribution is 0.271. The maximum Gasteiger partial charge on any atom is 0.136 e. The second kappa shape index (κ2) is 5.98. The topological polar surface area (TPSA) is 35.2 Å². The summed E-state index contributed by atoms with van der Waals surface area (Å²) in [6.07, 6.45) is 1.96. The fourth-order valence-electron chi connectivity index (χ4n) is 2.76. The number of benzene rings is 2. The molecule has 0 saturated carbocycles. The van der Waals surface area contributed by atoms with Crippen LogP contribution in [0, 0.1) is 0 Å². The van der Waals surface area contributed by atoms with Crippen molar-refractivity contribution in [3.8, 4) is 5.75 Å². The molecule has 0 fully saturated rings. The summed E-state index contributed by atoms with van der Waals surface area (Å²) in [4.78, 5) is 0. The van der Waals surface area contributed by atoms with Gasteiger partial charge in [0.1, 0.15) is 5.75 Å². The van der Waals surface area contributed by atoms with E-state index in [4.69, 9.17) is 10.5 Å². The standard InChI is InChI=1S/C17H18BrNO/c18-16-7-3-5-12(8-9-19)17(16)20-11-14-10-13-4-1-2-6-15(13)14/h1-7,14H,8-11,19H2. The summed E-state index contributed by atoms with van der Waals surface area (Å²) < 4.78 is 7.09. The lowest BCUT2D eigenvalue weighted by Gasteiger charge is -2.30. The van der Waals surface area contributed by atoms with Gasteiger partial charge in [-0.25, -0.2) is 0 Å². The molecule has 2 aromatic carbocycles. The van der Waals surface area contributed by atoms with Crippen molar-refractivity contribution in [2.24, 2.45) is 5.73 Å². The molecule has 0 spiro atoms. The molecule has 2 N–H and O–H groups in total. The number of fused-ring (bicyclic) bond motifs is 1. The van der Waals surface area contributed by atoms with E-state index in [1.807, 2.05) is 12.1 Å². The number of hydrogen-bond donors (Lipinski definition) is 1.